The van der Waals surface area contributed by atoms with Crippen molar-refractivity contribution in [3.63, 3.8) is 0 Å². The number of para-hydroxylation sites is 1. The minimum atomic E-state index is -1.17. The summed E-state index contributed by atoms with van der Waals surface area (Å²) in [6.07, 6.45) is 3.16. The zero-order valence-corrected chi connectivity index (χ0v) is 14.4. The van der Waals surface area contributed by atoms with E-state index in [9.17, 15) is 14.7 Å². The van der Waals surface area contributed by atoms with Crippen LogP contribution in [-0.2, 0) is 20.9 Å². The van der Waals surface area contributed by atoms with E-state index in [2.05, 4.69) is 6.92 Å². The number of aliphatic carboxylic acids is 1. The standard InChI is InChI=1S/C19H25NO5/c1-2-3-10-24-14-7-5-4-6-12(14)11-25-18(23)19(20)9-8-13-15(16(13)19)17(21)22/h4-7,13,15-16H,2-3,8-11,20H2,1H3,(H,21,22)/t13-,15-,16-,19-/m0/s1. The van der Waals surface area contributed by atoms with Gasteiger partial charge in [-0.05, 0) is 31.2 Å². The van der Waals surface area contributed by atoms with Gasteiger partial charge in [-0.1, -0.05) is 31.5 Å². The Morgan fingerprint density at radius 3 is 2.80 bits per heavy atom. The zero-order chi connectivity index (χ0) is 18.0. The first-order valence-corrected chi connectivity index (χ1v) is 8.88. The Kier molecular flexibility index (Phi) is 4.99. The third-order valence-electron chi connectivity index (χ3n) is 5.41. The van der Waals surface area contributed by atoms with Crippen molar-refractivity contribution in [1.82, 2.24) is 0 Å². The number of nitrogens with two attached hydrogens (primary N) is 1. The topological polar surface area (TPSA) is 98.9 Å². The van der Waals surface area contributed by atoms with Crippen molar-refractivity contribution < 1.29 is 24.2 Å². The largest absolute Gasteiger partial charge is 0.493 e. The molecule has 0 bridgehead atoms. The third kappa shape index (κ3) is 3.35. The number of esters is 1. The van der Waals surface area contributed by atoms with E-state index in [0.29, 0.717) is 25.2 Å². The predicted molar refractivity (Wildman–Crippen MR) is 90.9 cm³/mol. The number of unbranched alkanes of at least 4 members (excludes halogenated alkanes) is 1. The summed E-state index contributed by atoms with van der Waals surface area (Å²) in [7, 11) is 0. The van der Waals surface area contributed by atoms with Gasteiger partial charge in [-0.3, -0.25) is 9.59 Å². The Balaban J connectivity index is 1.61. The maximum absolute atomic E-state index is 12.5. The van der Waals surface area contributed by atoms with Gasteiger partial charge in [-0.2, -0.15) is 0 Å². The number of ether oxygens (including phenoxy) is 2. The highest BCUT2D eigenvalue weighted by atomic mass is 16.5. The number of carbonyl (C=O) groups excluding carboxylic acids is 1. The quantitative estimate of drug-likeness (QED) is 0.553. The maximum atomic E-state index is 12.5. The molecule has 0 unspecified atom stereocenters. The van der Waals surface area contributed by atoms with Gasteiger partial charge in [0.25, 0.3) is 0 Å². The molecule has 2 fully saturated rings. The van der Waals surface area contributed by atoms with Gasteiger partial charge in [0, 0.05) is 11.5 Å². The molecule has 2 saturated carbocycles. The summed E-state index contributed by atoms with van der Waals surface area (Å²) < 4.78 is 11.2. The lowest BCUT2D eigenvalue weighted by molar-refractivity contribution is -0.153. The number of rotatable bonds is 8. The number of carboxylic acids is 1. The number of carbonyl (C=O) groups is 2. The Labute approximate surface area is 147 Å². The highest BCUT2D eigenvalue weighted by molar-refractivity contribution is 5.86. The molecule has 3 rings (SSSR count). The fourth-order valence-corrected chi connectivity index (χ4v) is 3.95. The SMILES string of the molecule is CCCCOc1ccccc1COC(=O)[C@]1(N)CC[C@H]2[C@H](C(=O)O)[C@H]21. The summed E-state index contributed by atoms with van der Waals surface area (Å²) in [6, 6.07) is 7.44. The summed E-state index contributed by atoms with van der Waals surface area (Å²) >= 11 is 0. The van der Waals surface area contributed by atoms with Crippen molar-refractivity contribution in [3.8, 4) is 5.75 Å². The van der Waals surface area contributed by atoms with Crippen LogP contribution in [-0.4, -0.2) is 29.2 Å². The fraction of sp³-hybridized carbons (Fsp3) is 0.579. The number of hydrogen-bond donors (Lipinski definition) is 2. The highest BCUT2D eigenvalue weighted by Gasteiger charge is 2.70. The molecule has 6 nitrogen and oxygen atoms in total. The molecule has 1 aromatic carbocycles. The monoisotopic (exact) mass is 347 g/mol. The second kappa shape index (κ2) is 7.04. The molecule has 2 aliphatic rings. The molecule has 0 heterocycles. The Morgan fingerprint density at radius 1 is 1.36 bits per heavy atom. The third-order valence-corrected chi connectivity index (χ3v) is 5.41. The molecule has 1 aromatic rings. The summed E-state index contributed by atoms with van der Waals surface area (Å²) in [6.45, 7) is 2.79. The number of fused-ring (bicyclic) bond motifs is 1. The number of hydrogen-bond acceptors (Lipinski definition) is 5. The van der Waals surface area contributed by atoms with Gasteiger partial charge in [0.2, 0.25) is 0 Å². The lowest BCUT2D eigenvalue weighted by Crippen LogP contribution is -2.50. The molecule has 3 N–H and O–H groups in total. The first-order chi connectivity index (χ1) is 12.0. The molecule has 0 aliphatic heterocycles. The Hall–Kier alpha value is -2.08. The number of carboxylic acid groups (broad SMARTS) is 1. The van der Waals surface area contributed by atoms with Gasteiger partial charge in [0.05, 0.1) is 12.5 Å². The molecule has 4 atom stereocenters. The lowest BCUT2D eigenvalue weighted by Gasteiger charge is -2.25. The van der Waals surface area contributed by atoms with Crippen LogP contribution in [0.3, 0.4) is 0 Å². The van der Waals surface area contributed by atoms with Crippen LogP contribution in [0, 0.1) is 17.8 Å². The van der Waals surface area contributed by atoms with E-state index in [1.807, 2.05) is 24.3 Å². The van der Waals surface area contributed by atoms with Gasteiger partial charge in [0.1, 0.15) is 17.9 Å². The van der Waals surface area contributed by atoms with Crippen LogP contribution in [0.4, 0.5) is 0 Å². The summed E-state index contributed by atoms with van der Waals surface area (Å²) in [5.41, 5.74) is 5.86. The van der Waals surface area contributed by atoms with Crippen molar-refractivity contribution >= 4 is 11.9 Å². The van der Waals surface area contributed by atoms with Crippen LogP contribution in [0.2, 0.25) is 0 Å². The average molecular weight is 347 g/mol. The van der Waals surface area contributed by atoms with Crippen LogP contribution < -0.4 is 10.5 Å². The van der Waals surface area contributed by atoms with E-state index in [4.69, 9.17) is 15.2 Å². The summed E-state index contributed by atoms with van der Waals surface area (Å²) in [4.78, 5) is 23.7. The molecule has 6 heteroatoms. The van der Waals surface area contributed by atoms with Crippen molar-refractivity contribution in [2.75, 3.05) is 6.61 Å². The van der Waals surface area contributed by atoms with Crippen LogP contribution in [0.25, 0.3) is 0 Å². The van der Waals surface area contributed by atoms with Crippen LogP contribution in [0.15, 0.2) is 24.3 Å². The van der Waals surface area contributed by atoms with Crippen molar-refractivity contribution in [2.45, 2.75) is 44.8 Å². The van der Waals surface area contributed by atoms with Crippen molar-refractivity contribution in [2.24, 2.45) is 23.5 Å². The average Bonchev–Trinajstić information content (AvgIpc) is 3.25. The van der Waals surface area contributed by atoms with Gasteiger partial charge < -0.3 is 20.3 Å². The van der Waals surface area contributed by atoms with E-state index in [1.165, 1.54) is 0 Å². The second-order valence-electron chi connectivity index (χ2n) is 7.02. The minimum absolute atomic E-state index is 0.0136. The molecule has 0 spiro atoms. The van der Waals surface area contributed by atoms with E-state index in [1.54, 1.807) is 0 Å². The van der Waals surface area contributed by atoms with Crippen molar-refractivity contribution in [3.05, 3.63) is 29.8 Å². The van der Waals surface area contributed by atoms with E-state index >= 15 is 0 Å². The normalized spacial score (nSPS) is 29.8. The molecular weight excluding hydrogens is 322 g/mol. The maximum Gasteiger partial charge on any atom is 0.326 e. The van der Waals surface area contributed by atoms with Gasteiger partial charge in [0.15, 0.2) is 0 Å². The molecular formula is C19H25NO5. The molecule has 2 aliphatic carbocycles. The van der Waals surface area contributed by atoms with Gasteiger partial charge >= 0.3 is 11.9 Å². The molecule has 25 heavy (non-hydrogen) atoms. The second-order valence-corrected chi connectivity index (χ2v) is 7.02. The minimum Gasteiger partial charge on any atom is -0.493 e. The zero-order valence-electron chi connectivity index (χ0n) is 14.4. The fourth-order valence-electron chi connectivity index (χ4n) is 3.95. The first kappa shape index (κ1) is 17.7. The van der Waals surface area contributed by atoms with Crippen LogP contribution in [0.1, 0.15) is 38.2 Å². The molecule has 136 valence electrons. The van der Waals surface area contributed by atoms with E-state index in [-0.39, 0.29) is 18.4 Å². The predicted octanol–water partition coefficient (Wildman–Crippen LogP) is 2.35. The van der Waals surface area contributed by atoms with E-state index in [0.717, 1.165) is 18.4 Å². The highest BCUT2D eigenvalue weighted by Crippen LogP contribution is 2.61. The Morgan fingerprint density at radius 2 is 2.12 bits per heavy atom. The molecule has 0 amide bonds. The van der Waals surface area contributed by atoms with Gasteiger partial charge in [-0.25, -0.2) is 0 Å². The first-order valence-electron chi connectivity index (χ1n) is 8.88. The van der Waals surface area contributed by atoms with Crippen LogP contribution >= 0.6 is 0 Å². The van der Waals surface area contributed by atoms with Crippen molar-refractivity contribution in [1.29, 1.82) is 0 Å². The Bertz CT molecular complexity index is 661. The summed E-state index contributed by atoms with van der Waals surface area (Å²) in [5, 5.41) is 9.20. The van der Waals surface area contributed by atoms with E-state index < -0.39 is 23.4 Å². The molecule has 0 saturated heterocycles. The lowest BCUT2D eigenvalue weighted by atomic mass is 9.91. The number of benzene rings is 1. The molecule has 0 aromatic heterocycles. The smallest absolute Gasteiger partial charge is 0.326 e. The van der Waals surface area contributed by atoms with Gasteiger partial charge in [-0.15, -0.1) is 0 Å². The summed E-state index contributed by atoms with van der Waals surface area (Å²) in [5.74, 6) is -1.46. The van der Waals surface area contributed by atoms with Crippen LogP contribution in [0.5, 0.6) is 5.75 Å². The molecule has 0 radical (unpaired) electrons.